The normalized spacial score (nSPS) is 19.5. The molecule has 144 valence electrons. The van der Waals surface area contributed by atoms with Crippen LogP contribution >= 0.6 is 0 Å². The fourth-order valence-corrected chi connectivity index (χ4v) is 4.07. The third kappa shape index (κ3) is 3.62. The van der Waals surface area contributed by atoms with Gasteiger partial charge in [0.05, 0.1) is 7.11 Å². The number of methoxy groups -OCH3 is 1. The molecule has 2 heterocycles. The summed E-state index contributed by atoms with van der Waals surface area (Å²) in [4.78, 5) is 2.49. The van der Waals surface area contributed by atoms with Gasteiger partial charge in [0.1, 0.15) is 0 Å². The minimum absolute atomic E-state index is 0.259. The van der Waals surface area contributed by atoms with Crippen molar-refractivity contribution in [3.63, 3.8) is 0 Å². The van der Waals surface area contributed by atoms with E-state index in [2.05, 4.69) is 54.4 Å². The van der Waals surface area contributed by atoms with Crippen molar-refractivity contribution >= 4 is 0 Å². The first-order valence-electron chi connectivity index (χ1n) is 9.67. The summed E-state index contributed by atoms with van der Waals surface area (Å²) in [5.41, 5.74) is 4.00. The zero-order valence-corrected chi connectivity index (χ0v) is 16.3. The molecule has 0 aromatic heterocycles. The van der Waals surface area contributed by atoms with Crippen molar-refractivity contribution in [2.75, 3.05) is 33.5 Å². The maximum atomic E-state index is 5.73. The molecule has 0 spiro atoms. The Labute approximate surface area is 161 Å². The van der Waals surface area contributed by atoms with Gasteiger partial charge in [-0.25, -0.2) is 0 Å². The third-order valence-corrected chi connectivity index (χ3v) is 5.43. The Bertz CT molecular complexity index is 806. The van der Waals surface area contributed by atoms with Crippen LogP contribution in [0, 0.1) is 0 Å². The van der Waals surface area contributed by atoms with Gasteiger partial charge in [0.15, 0.2) is 11.5 Å². The zero-order chi connectivity index (χ0) is 18.8. The first kappa shape index (κ1) is 18.1. The number of benzene rings is 2. The Kier molecular flexibility index (Phi) is 5.23. The molecule has 1 saturated heterocycles. The molecule has 0 radical (unpaired) electrons. The minimum Gasteiger partial charge on any atom is -0.493 e. The highest BCUT2D eigenvalue weighted by atomic mass is 16.7. The van der Waals surface area contributed by atoms with Gasteiger partial charge in [0, 0.05) is 37.8 Å². The van der Waals surface area contributed by atoms with Crippen LogP contribution in [0.3, 0.4) is 0 Å². The van der Waals surface area contributed by atoms with Crippen molar-refractivity contribution in [2.45, 2.75) is 32.4 Å². The highest BCUT2D eigenvalue weighted by Crippen LogP contribution is 2.43. The third-order valence-electron chi connectivity index (χ3n) is 5.43. The van der Waals surface area contributed by atoms with Gasteiger partial charge < -0.3 is 19.5 Å². The van der Waals surface area contributed by atoms with Gasteiger partial charge in [-0.05, 0) is 23.1 Å². The van der Waals surface area contributed by atoms with Crippen molar-refractivity contribution in [1.82, 2.24) is 10.2 Å². The number of piperazine rings is 1. The summed E-state index contributed by atoms with van der Waals surface area (Å²) < 4.78 is 16.7. The molecule has 1 N–H and O–H groups in total. The van der Waals surface area contributed by atoms with E-state index in [4.69, 9.17) is 14.2 Å². The van der Waals surface area contributed by atoms with Crippen LogP contribution in [0.1, 0.15) is 42.5 Å². The molecule has 1 unspecified atom stereocenters. The van der Waals surface area contributed by atoms with Gasteiger partial charge in [-0.1, -0.05) is 44.2 Å². The van der Waals surface area contributed by atoms with E-state index in [-0.39, 0.29) is 6.79 Å². The van der Waals surface area contributed by atoms with E-state index in [0.717, 1.165) is 49.0 Å². The molecule has 27 heavy (non-hydrogen) atoms. The summed E-state index contributed by atoms with van der Waals surface area (Å²) in [5.74, 6) is 2.81. The summed E-state index contributed by atoms with van der Waals surface area (Å²) in [5, 5.41) is 3.70. The second-order valence-corrected chi connectivity index (χ2v) is 7.52. The topological polar surface area (TPSA) is 43.0 Å². The Morgan fingerprint density at radius 3 is 2.78 bits per heavy atom. The van der Waals surface area contributed by atoms with E-state index in [1.165, 1.54) is 11.1 Å². The average Bonchev–Trinajstić information content (AvgIpc) is 3.19. The average molecular weight is 368 g/mol. The van der Waals surface area contributed by atoms with E-state index in [0.29, 0.717) is 12.0 Å². The van der Waals surface area contributed by atoms with Crippen LogP contribution in [0.15, 0.2) is 36.4 Å². The minimum atomic E-state index is 0.259. The van der Waals surface area contributed by atoms with Crippen LogP contribution in [-0.4, -0.2) is 38.4 Å². The van der Waals surface area contributed by atoms with Crippen molar-refractivity contribution in [2.24, 2.45) is 0 Å². The molecule has 2 aromatic carbocycles. The first-order chi connectivity index (χ1) is 13.2. The van der Waals surface area contributed by atoms with E-state index >= 15 is 0 Å². The highest BCUT2D eigenvalue weighted by Gasteiger charge is 2.27. The van der Waals surface area contributed by atoms with E-state index in [1.54, 1.807) is 7.11 Å². The van der Waals surface area contributed by atoms with Crippen LogP contribution in [0.25, 0.3) is 0 Å². The van der Waals surface area contributed by atoms with Crippen molar-refractivity contribution in [3.8, 4) is 17.2 Å². The van der Waals surface area contributed by atoms with E-state index < -0.39 is 0 Å². The van der Waals surface area contributed by atoms with E-state index in [1.807, 2.05) is 6.07 Å². The van der Waals surface area contributed by atoms with Gasteiger partial charge in [0.25, 0.3) is 0 Å². The molecule has 2 aliphatic rings. The number of hydrogen-bond donors (Lipinski definition) is 1. The Hall–Kier alpha value is -2.24. The molecular weight excluding hydrogens is 340 g/mol. The van der Waals surface area contributed by atoms with Gasteiger partial charge in [-0.2, -0.15) is 0 Å². The lowest BCUT2D eigenvalue weighted by molar-refractivity contribution is 0.166. The largest absolute Gasteiger partial charge is 0.493 e. The molecule has 0 bridgehead atoms. The molecule has 2 aromatic rings. The van der Waals surface area contributed by atoms with Crippen molar-refractivity contribution in [3.05, 3.63) is 53.1 Å². The standard InChI is InChI=1S/C22H28N2O3/c1-15(2)17-6-4-5-7-18(17)19-13-24(11-10-23-19)12-16-8-9-20(25-3)22-21(16)26-14-27-22/h4-9,15,19,23H,10-14H2,1-3H3. The molecule has 1 atom stereocenters. The smallest absolute Gasteiger partial charge is 0.231 e. The summed E-state index contributed by atoms with van der Waals surface area (Å²) in [6, 6.07) is 13.2. The van der Waals surface area contributed by atoms with Crippen LogP contribution in [0.4, 0.5) is 0 Å². The number of fused-ring (bicyclic) bond motifs is 1. The molecule has 5 heteroatoms. The fraction of sp³-hybridized carbons (Fsp3) is 0.455. The van der Waals surface area contributed by atoms with Gasteiger partial charge in [0.2, 0.25) is 12.5 Å². The summed E-state index contributed by atoms with van der Waals surface area (Å²) in [6.45, 7) is 8.60. The Morgan fingerprint density at radius 1 is 1.15 bits per heavy atom. The quantitative estimate of drug-likeness (QED) is 0.872. The lowest BCUT2D eigenvalue weighted by Gasteiger charge is -2.35. The molecule has 2 aliphatic heterocycles. The monoisotopic (exact) mass is 368 g/mol. The zero-order valence-electron chi connectivity index (χ0n) is 16.3. The summed E-state index contributed by atoms with van der Waals surface area (Å²) in [7, 11) is 1.66. The molecule has 1 fully saturated rings. The molecule has 0 amide bonds. The number of nitrogens with zero attached hydrogens (tertiary/aromatic N) is 1. The predicted octanol–water partition coefficient (Wildman–Crippen LogP) is 3.69. The number of nitrogens with one attached hydrogen (secondary N) is 1. The van der Waals surface area contributed by atoms with Gasteiger partial charge in [-0.15, -0.1) is 0 Å². The van der Waals surface area contributed by atoms with Gasteiger partial charge >= 0.3 is 0 Å². The van der Waals surface area contributed by atoms with Crippen molar-refractivity contribution in [1.29, 1.82) is 0 Å². The van der Waals surface area contributed by atoms with Crippen LogP contribution in [0.2, 0.25) is 0 Å². The SMILES string of the molecule is COc1ccc(CN2CCNC(c3ccccc3C(C)C)C2)c2c1OCO2. The first-order valence-corrected chi connectivity index (χ1v) is 9.67. The van der Waals surface area contributed by atoms with Gasteiger partial charge in [-0.3, -0.25) is 4.90 Å². The highest BCUT2D eigenvalue weighted by molar-refractivity contribution is 5.57. The molecule has 5 nitrogen and oxygen atoms in total. The Morgan fingerprint density at radius 2 is 1.96 bits per heavy atom. The molecule has 4 rings (SSSR count). The number of rotatable bonds is 5. The second kappa shape index (κ2) is 7.79. The fourth-order valence-electron chi connectivity index (χ4n) is 4.07. The number of ether oxygens (including phenoxy) is 3. The predicted molar refractivity (Wildman–Crippen MR) is 106 cm³/mol. The summed E-state index contributed by atoms with van der Waals surface area (Å²) >= 11 is 0. The van der Waals surface area contributed by atoms with Crippen LogP contribution in [-0.2, 0) is 6.54 Å². The summed E-state index contributed by atoms with van der Waals surface area (Å²) in [6.07, 6.45) is 0. The van der Waals surface area contributed by atoms with Crippen LogP contribution in [0.5, 0.6) is 17.2 Å². The number of hydrogen-bond acceptors (Lipinski definition) is 5. The van der Waals surface area contributed by atoms with E-state index in [9.17, 15) is 0 Å². The maximum absolute atomic E-state index is 5.73. The molecular formula is C22H28N2O3. The lowest BCUT2D eigenvalue weighted by atomic mass is 9.92. The second-order valence-electron chi connectivity index (χ2n) is 7.52. The Balaban J connectivity index is 1.53. The van der Waals surface area contributed by atoms with Crippen molar-refractivity contribution < 1.29 is 14.2 Å². The maximum Gasteiger partial charge on any atom is 0.231 e. The molecule has 0 saturated carbocycles. The lowest BCUT2D eigenvalue weighted by Crippen LogP contribution is -2.45. The molecule has 0 aliphatic carbocycles. The van der Waals surface area contributed by atoms with Crippen LogP contribution < -0.4 is 19.5 Å².